The minimum Gasteiger partial charge on any atom is -0.333 e. The molecule has 0 heterocycles. The van der Waals surface area contributed by atoms with Crippen molar-refractivity contribution in [2.45, 2.75) is 12.6 Å². The van der Waals surface area contributed by atoms with Gasteiger partial charge >= 0.3 is 12.2 Å². The fraction of sp³-hybridized carbons (Fsp3) is 0.273. The van der Waals surface area contributed by atoms with Gasteiger partial charge in [-0.25, -0.2) is 0 Å². The molecule has 1 rings (SSSR count). The van der Waals surface area contributed by atoms with Gasteiger partial charge in [0, 0.05) is 11.3 Å². The summed E-state index contributed by atoms with van der Waals surface area (Å²) in [5.74, 6) is 0.00916. The second-order valence-corrected chi connectivity index (χ2v) is 7.97. The van der Waals surface area contributed by atoms with E-state index in [4.69, 9.17) is 0 Å². The average molecular weight is 278 g/mol. The Morgan fingerprint density at radius 3 is 2.47 bits per heavy atom. The van der Waals surface area contributed by atoms with Crippen molar-refractivity contribution in [1.29, 1.82) is 0 Å². The van der Waals surface area contributed by atoms with Gasteiger partial charge in [-0.15, -0.1) is 6.58 Å². The summed E-state index contributed by atoms with van der Waals surface area (Å²) in [5, 5.41) is 0. The molecule has 0 spiro atoms. The molecule has 1 unspecified atom stereocenters. The molecular weight excluding hydrogens is 265 g/mol. The summed E-state index contributed by atoms with van der Waals surface area (Å²) in [6.07, 6.45) is 1.32. The number of hydrogen-bond donors (Lipinski definition) is 1. The van der Waals surface area contributed by atoms with E-state index < -0.39 is 17.8 Å². The largest absolute Gasteiger partial charge is 0.355 e. The highest BCUT2D eigenvalue weighted by molar-refractivity contribution is 8.56. The maximum absolute atomic E-state index is 13.8. The maximum atomic E-state index is 13.8. The lowest BCUT2D eigenvalue weighted by Gasteiger charge is -2.21. The molecule has 17 heavy (non-hydrogen) atoms. The molecule has 0 fully saturated rings. The highest BCUT2D eigenvalue weighted by atomic mass is 32.7. The van der Waals surface area contributed by atoms with Gasteiger partial charge in [0.2, 0.25) is 0 Å². The first-order valence-electron chi connectivity index (χ1n) is 4.84. The van der Waals surface area contributed by atoms with Gasteiger partial charge in [0.1, 0.15) is 0 Å². The Hall–Kier alpha value is -0.640. The third kappa shape index (κ3) is 3.18. The first kappa shape index (κ1) is 14.4. The van der Waals surface area contributed by atoms with Crippen molar-refractivity contribution in [2.75, 3.05) is 5.75 Å². The van der Waals surface area contributed by atoms with Crippen molar-refractivity contribution in [3.8, 4) is 0 Å². The molecule has 0 saturated heterocycles. The van der Waals surface area contributed by atoms with Gasteiger partial charge in [0.05, 0.1) is 0 Å². The number of alkyl halides is 2. The second kappa shape index (κ2) is 5.34. The molecule has 94 valence electrons. The van der Waals surface area contributed by atoms with Crippen LogP contribution in [0.25, 0.3) is 0 Å². The third-order valence-corrected chi connectivity index (χ3v) is 6.01. The van der Waals surface area contributed by atoms with Gasteiger partial charge < -0.3 is 4.89 Å². The fourth-order valence-corrected chi connectivity index (χ4v) is 3.82. The van der Waals surface area contributed by atoms with Gasteiger partial charge in [-0.3, -0.25) is 4.57 Å². The minimum atomic E-state index is -4.64. The summed E-state index contributed by atoms with van der Waals surface area (Å²) in [7, 11) is 0. The van der Waals surface area contributed by atoms with E-state index in [1.54, 1.807) is 6.92 Å². The summed E-state index contributed by atoms with van der Waals surface area (Å²) in [5.41, 5.74) is -3.37. The maximum Gasteiger partial charge on any atom is 0.355 e. The summed E-state index contributed by atoms with van der Waals surface area (Å²) >= 11 is 0.328. The lowest BCUT2D eigenvalue weighted by atomic mass is 10.2. The molecule has 1 aromatic carbocycles. The zero-order valence-electron chi connectivity index (χ0n) is 9.27. The second-order valence-electron chi connectivity index (χ2n) is 3.51. The summed E-state index contributed by atoms with van der Waals surface area (Å²) in [6.45, 7) is 0.452. The molecule has 0 amide bonds. The molecule has 0 aromatic heterocycles. The Morgan fingerprint density at radius 2 is 2.00 bits per heavy atom. The number of halogens is 2. The molecule has 1 aromatic rings. The predicted molar refractivity (Wildman–Crippen MR) is 67.6 cm³/mol. The molecular formula is C11H13F2O2PS. The van der Waals surface area contributed by atoms with Crippen molar-refractivity contribution in [3.63, 3.8) is 0 Å². The highest BCUT2D eigenvalue weighted by Gasteiger charge is 2.51. The van der Waals surface area contributed by atoms with E-state index in [1.165, 1.54) is 30.3 Å². The Kier molecular flexibility index (Phi) is 4.53. The van der Waals surface area contributed by atoms with Crippen LogP contribution in [-0.2, 0) is 10.2 Å². The van der Waals surface area contributed by atoms with Crippen LogP contribution < -0.4 is 0 Å². The van der Waals surface area contributed by atoms with Crippen LogP contribution in [0.3, 0.4) is 0 Å². The van der Waals surface area contributed by atoms with Crippen molar-refractivity contribution in [2.24, 2.45) is 0 Å². The van der Waals surface area contributed by atoms with Crippen LogP contribution in [0.2, 0.25) is 0 Å². The Morgan fingerprint density at radius 1 is 1.47 bits per heavy atom. The SMILES string of the molecule is C=CCSP(=O)(O)C(F)(F)c1ccc(C)cc1. The highest BCUT2D eigenvalue weighted by Crippen LogP contribution is 2.70. The molecule has 0 saturated carbocycles. The van der Waals surface area contributed by atoms with Crippen molar-refractivity contribution < 1.29 is 18.2 Å². The monoisotopic (exact) mass is 278 g/mol. The smallest absolute Gasteiger partial charge is 0.333 e. The van der Waals surface area contributed by atoms with Gasteiger partial charge in [0.15, 0.2) is 0 Å². The zero-order chi connectivity index (χ0) is 13.1. The number of benzene rings is 1. The third-order valence-electron chi connectivity index (χ3n) is 2.12. The summed E-state index contributed by atoms with van der Waals surface area (Å²) < 4.78 is 39.2. The average Bonchev–Trinajstić information content (AvgIpc) is 2.27. The van der Waals surface area contributed by atoms with Crippen LogP contribution in [0.1, 0.15) is 11.1 Å². The predicted octanol–water partition coefficient (Wildman–Crippen LogP) is 4.15. The van der Waals surface area contributed by atoms with Crippen LogP contribution >= 0.6 is 18.0 Å². The minimum absolute atomic E-state index is 0.00916. The van der Waals surface area contributed by atoms with E-state index in [0.717, 1.165) is 5.56 Å². The molecule has 0 aliphatic heterocycles. The van der Waals surface area contributed by atoms with Crippen LogP contribution in [0.5, 0.6) is 0 Å². The van der Waals surface area contributed by atoms with Gasteiger partial charge in [-0.2, -0.15) is 8.78 Å². The number of aryl methyl sites for hydroxylation is 1. The lowest BCUT2D eigenvalue weighted by Crippen LogP contribution is -2.12. The van der Waals surface area contributed by atoms with Crippen LogP contribution in [0.15, 0.2) is 36.9 Å². The Balaban J connectivity index is 3.04. The lowest BCUT2D eigenvalue weighted by molar-refractivity contribution is 0.0794. The van der Waals surface area contributed by atoms with Crippen LogP contribution in [0.4, 0.5) is 8.78 Å². The first-order valence-corrected chi connectivity index (χ1v) is 8.09. The molecule has 6 heteroatoms. The molecule has 1 atom stereocenters. The van der Waals surface area contributed by atoms with Crippen LogP contribution in [0, 0.1) is 6.92 Å². The van der Waals surface area contributed by atoms with Crippen molar-refractivity contribution in [3.05, 3.63) is 48.0 Å². The molecule has 0 bridgehead atoms. The van der Waals surface area contributed by atoms with Gasteiger partial charge in [-0.1, -0.05) is 47.3 Å². The van der Waals surface area contributed by atoms with Crippen LogP contribution in [-0.4, -0.2) is 10.6 Å². The van der Waals surface area contributed by atoms with E-state index in [2.05, 4.69) is 6.58 Å². The van der Waals surface area contributed by atoms with Gasteiger partial charge in [-0.05, 0) is 6.92 Å². The molecule has 0 aliphatic carbocycles. The molecule has 0 aliphatic rings. The quantitative estimate of drug-likeness (QED) is 0.649. The zero-order valence-corrected chi connectivity index (χ0v) is 11.0. The molecule has 1 N–H and O–H groups in total. The summed E-state index contributed by atoms with van der Waals surface area (Å²) in [6, 6.07) is 5.32. The number of hydrogen-bond acceptors (Lipinski definition) is 2. The Labute approximate surface area is 103 Å². The number of rotatable bonds is 5. The fourth-order valence-electron chi connectivity index (χ4n) is 1.15. The standard InChI is InChI=1S/C11H13F2O2PS/c1-3-8-17-16(14,15)11(12,13)10-6-4-9(2)5-7-10/h3-7H,1,8H2,2H3,(H,14,15). The van der Waals surface area contributed by atoms with E-state index >= 15 is 0 Å². The molecule has 0 radical (unpaired) electrons. The normalized spacial score (nSPS) is 15.3. The Bertz CT molecular complexity index is 445. The van der Waals surface area contributed by atoms with E-state index in [-0.39, 0.29) is 5.75 Å². The van der Waals surface area contributed by atoms with E-state index in [0.29, 0.717) is 11.4 Å². The molecule has 2 nitrogen and oxygen atoms in total. The van der Waals surface area contributed by atoms with E-state index in [9.17, 15) is 18.2 Å². The van der Waals surface area contributed by atoms with Crippen molar-refractivity contribution in [1.82, 2.24) is 0 Å². The van der Waals surface area contributed by atoms with E-state index in [1.807, 2.05) is 0 Å². The topological polar surface area (TPSA) is 37.3 Å². The van der Waals surface area contributed by atoms with Gasteiger partial charge in [0.25, 0.3) is 0 Å². The first-order chi connectivity index (χ1) is 7.81. The summed E-state index contributed by atoms with van der Waals surface area (Å²) in [4.78, 5) is 9.42. The van der Waals surface area contributed by atoms with Crippen molar-refractivity contribution >= 4 is 18.0 Å².